The number of aliphatic imine (C=N–C) groups is 1. The summed E-state index contributed by atoms with van der Waals surface area (Å²) in [7, 11) is 5.01. The zero-order valence-corrected chi connectivity index (χ0v) is 16.7. The molecule has 1 aromatic carbocycles. The van der Waals surface area contributed by atoms with Crippen molar-refractivity contribution >= 4 is 29.9 Å². The summed E-state index contributed by atoms with van der Waals surface area (Å²) in [6.07, 6.45) is 0.815. The van der Waals surface area contributed by atoms with E-state index in [1.165, 1.54) is 0 Å². The molecule has 2 N–H and O–H groups in total. The number of ether oxygens (including phenoxy) is 3. The van der Waals surface area contributed by atoms with Crippen LogP contribution in [0.5, 0.6) is 11.5 Å². The Labute approximate surface area is 156 Å². The van der Waals surface area contributed by atoms with E-state index in [9.17, 15) is 0 Å². The number of hydrogen-bond donors (Lipinski definition) is 2. The summed E-state index contributed by atoms with van der Waals surface area (Å²) in [5, 5.41) is 6.51. The van der Waals surface area contributed by atoms with E-state index < -0.39 is 0 Å². The van der Waals surface area contributed by atoms with Gasteiger partial charge < -0.3 is 24.8 Å². The Kier molecular flexibility index (Phi) is 12.5. The minimum atomic E-state index is 0. The van der Waals surface area contributed by atoms with Crippen molar-refractivity contribution < 1.29 is 14.2 Å². The minimum absolute atomic E-state index is 0. The monoisotopic (exact) mass is 437 g/mol. The van der Waals surface area contributed by atoms with Gasteiger partial charge in [-0.2, -0.15) is 0 Å². The number of benzene rings is 1. The van der Waals surface area contributed by atoms with Gasteiger partial charge in [0.25, 0.3) is 0 Å². The lowest BCUT2D eigenvalue weighted by Gasteiger charge is -2.13. The molecule has 132 valence electrons. The van der Waals surface area contributed by atoms with Gasteiger partial charge in [-0.15, -0.1) is 24.0 Å². The summed E-state index contributed by atoms with van der Waals surface area (Å²) in [6, 6.07) is 5.81. The molecule has 6 nitrogen and oxygen atoms in total. The molecule has 0 aliphatic heterocycles. The smallest absolute Gasteiger partial charge is 0.191 e. The maximum absolute atomic E-state index is 5.38. The first kappa shape index (κ1) is 21.8. The third kappa shape index (κ3) is 8.26. The number of guanidine groups is 1. The van der Waals surface area contributed by atoms with Crippen LogP contribution in [0.4, 0.5) is 0 Å². The lowest BCUT2D eigenvalue weighted by Crippen LogP contribution is -2.38. The van der Waals surface area contributed by atoms with Crippen LogP contribution in [0.15, 0.2) is 23.2 Å². The van der Waals surface area contributed by atoms with Gasteiger partial charge in [-0.1, -0.05) is 0 Å². The molecule has 0 unspecified atom stereocenters. The van der Waals surface area contributed by atoms with Gasteiger partial charge in [0.05, 0.1) is 27.4 Å². The molecule has 0 spiro atoms. The Morgan fingerprint density at radius 1 is 1.13 bits per heavy atom. The van der Waals surface area contributed by atoms with E-state index >= 15 is 0 Å². The van der Waals surface area contributed by atoms with Crippen molar-refractivity contribution in [2.24, 2.45) is 4.99 Å². The van der Waals surface area contributed by atoms with Gasteiger partial charge in [-0.25, -0.2) is 0 Å². The second kappa shape index (κ2) is 13.2. The van der Waals surface area contributed by atoms with Crippen molar-refractivity contribution in [2.45, 2.75) is 13.3 Å². The summed E-state index contributed by atoms with van der Waals surface area (Å²) >= 11 is 0. The average Bonchev–Trinajstić information content (AvgIpc) is 2.55. The first-order valence-electron chi connectivity index (χ1n) is 7.47. The van der Waals surface area contributed by atoms with Crippen molar-refractivity contribution in [1.29, 1.82) is 0 Å². The zero-order valence-electron chi connectivity index (χ0n) is 14.3. The summed E-state index contributed by atoms with van der Waals surface area (Å²) in [5.41, 5.74) is 1.10. The van der Waals surface area contributed by atoms with Crippen molar-refractivity contribution in [3.05, 3.63) is 23.8 Å². The van der Waals surface area contributed by atoms with Gasteiger partial charge in [-0.3, -0.25) is 4.99 Å². The van der Waals surface area contributed by atoms with Crippen molar-refractivity contribution in [2.75, 3.05) is 47.6 Å². The number of halogens is 1. The molecule has 23 heavy (non-hydrogen) atoms. The molecule has 0 fully saturated rings. The molecule has 0 radical (unpaired) electrons. The van der Waals surface area contributed by atoms with E-state index in [4.69, 9.17) is 14.2 Å². The van der Waals surface area contributed by atoms with Crippen molar-refractivity contribution in [1.82, 2.24) is 10.6 Å². The van der Waals surface area contributed by atoms with E-state index in [1.54, 1.807) is 21.3 Å². The molecule has 0 aliphatic rings. The van der Waals surface area contributed by atoms with E-state index in [0.29, 0.717) is 13.2 Å². The normalized spacial score (nSPS) is 10.7. The molecule has 0 amide bonds. The highest BCUT2D eigenvalue weighted by atomic mass is 127. The second-order valence-electron chi connectivity index (χ2n) is 4.61. The second-order valence-corrected chi connectivity index (χ2v) is 4.61. The summed E-state index contributed by atoms with van der Waals surface area (Å²) in [5.74, 6) is 2.49. The molecule has 0 aliphatic carbocycles. The quantitative estimate of drug-likeness (QED) is 0.268. The highest BCUT2D eigenvalue weighted by Crippen LogP contribution is 2.23. The largest absolute Gasteiger partial charge is 0.497 e. The minimum Gasteiger partial charge on any atom is -0.497 e. The molecule has 0 atom stereocenters. The summed E-state index contributed by atoms with van der Waals surface area (Å²) in [4.78, 5) is 4.42. The Morgan fingerprint density at radius 2 is 1.91 bits per heavy atom. The molecule has 0 aromatic heterocycles. The third-order valence-corrected chi connectivity index (χ3v) is 3.08. The first-order valence-corrected chi connectivity index (χ1v) is 7.47. The van der Waals surface area contributed by atoms with E-state index in [1.807, 2.05) is 25.1 Å². The van der Waals surface area contributed by atoms with Gasteiger partial charge in [0.2, 0.25) is 0 Å². The third-order valence-electron chi connectivity index (χ3n) is 3.08. The van der Waals surface area contributed by atoms with Gasteiger partial charge in [-0.05, 0) is 37.1 Å². The van der Waals surface area contributed by atoms with Gasteiger partial charge >= 0.3 is 0 Å². The number of rotatable bonds is 9. The van der Waals surface area contributed by atoms with Crippen LogP contribution < -0.4 is 20.1 Å². The van der Waals surface area contributed by atoms with Crippen LogP contribution in [0.1, 0.15) is 12.5 Å². The first-order chi connectivity index (χ1) is 10.7. The highest BCUT2D eigenvalue weighted by Gasteiger charge is 2.05. The van der Waals surface area contributed by atoms with Crippen LogP contribution in [0.25, 0.3) is 0 Å². The molecular weight excluding hydrogens is 409 g/mol. The zero-order chi connectivity index (χ0) is 16.2. The molecule has 7 heteroatoms. The number of hydrogen-bond acceptors (Lipinski definition) is 4. The van der Waals surface area contributed by atoms with Crippen molar-refractivity contribution in [3.8, 4) is 11.5 Å². The van der Waals surface area contributed by atoms with E-state index in [2.05, 4.69) is 15.6 Å². The molecule has 1 aromatic rings. The van der Waals surface area contributed by atoms with Crippen LogP contribution in [0.3, 0.4) is 0 Å². The van der Waals surface area contributed by atoms with Crippen LogP contribution in [-0.4, -0.2) is 53.5 Å². The molecule has 0 saturated carbocycles. The van der Waals surface area contributed by atoms with Gasteiger partial charge in [0.15, 0.2) is 5.96 Å². The fraction of sp³-hybridized carbons (Fsp3) is 0.562. The molecule has 0 saturated heterocycles. The fourth-order valence-electron chi connectivity index (χ4n) is 1.98. The van der Waals surface area contributed by atoms with Crippen LogP contribution in [0.2, 0.25) is 0 Å². The number of nitrogens with one attached hydrogen (secondary N) is 2. The Hall–Kier alpha value is -1.22. The lowest BCUT2D eigenvalue weighted by molar-refractivity contribution is 0.208. The summed E-state index contributed by atoms with van der Waals surface area (Å²) in [6.45, 7) is 4.86. The number of nitrogens with zero attached hydrogens (tertiary/aromatic N) is 1. The van der Waals surface area contributed by atoms with Gasteiger partial charge in [0.1, 0.15) is 11.5 Å². The maximum Gasteiger partial charge on any atom is 0.191 e. The Morgan fingerprint density at radius 3 is 2.52 bits per heavy atom. The topological polar surface area (TPSA) is 64.1 Å². The summed E-state index contributed by atoms with van der Waals surface area (Å²) < 4.78 is 15.7. The van der Waals surface area contributed by atoms with Crippen LogP contribution in [0, 0.1) is 0 Å². The highest BCUT2D eigenvalue weighted by molar-refractivity contribution is 14.0. The molecule has 1 rings (SSSR count). The van der Waals surface area contributed by atoms with Crippen LogP contribution >= 0.6 is 24.0 Å². The maximum atomic E-state index is 5.38. The van der Waals surface area contributed by atoms with Crippen molar-refractivity contribution in [3.63, 3.8) is 0 Å². The predicted octanol–water partition coefficient (Wildman–Crippen LogP) is 2.07. The molecule has 0 heterocycles. The Balaban J connectivity index is 0.00000484. The van der Waals surface area contributed by atoms with E-state index in [0.717, 1.165) is 42.5 Å². The Bertz CT molecular complexity index is 470. The SMILES string of the molecule is CCNC(=NCCOC)NCCc1cc(OC)ccc1OC.I. The fourth-order valence-corrected chi connectivity index (χ4v) is 1.98. The van der Waals surface area contributed by atoms with Gasteiger partial charge in [0, 0.05) is 20.2 Å². The average molecular weight is 437 g/mol. The number of methoxy groups -OCH3 is 3. The standard InChI is InChI=1S/C16H27N3O3.HI/c1-5-17-16(19-10-11-20-2)18-9-8-13-12-14(21-3)6-7-15(13)22-4;/h6-7,12H,5,8-11H2,1-4H3,(H2,17,18,19);1H. The predicted molar refractivity (Wildman–Crippen MR) is 105 cm³/mol. The molecule has 0 bridgehead atoms. The molecular formula is C16H28IN3O3. The van der Waals surface area contributed by atoms with E-state index in [-0.39, 0.29) is 24.0 Å². The van der Waals surface area contributed by atoms with Crippen LogP contribution in [-0.2, 0) is 11.2 Å². The lowest BCUT2D eigenvalue weighted by atomic mass is 10.1.